The average Bonchev–Trinajstić information content (AvgIpc) is 3.35. The number of aryl methyl sites for hydroxylation is 2. The predicted molar refractivity (Wildman–Crippen MR) is 131 cm³/mol. The van der Waals surface area contributed by atoms with Gasteiger partial charge < -0.3 is 9.47 Å². The largest absolute Gasteiger partial charge is 0.368 e. The van der Waals surface area contributed by atoms with Crippen LogP contribution in [0.4, 0.5) is 11.6 Å². The number of carbonyl (C=O) groups is 2. The molecule has 0 saturated carbocycles. The molecule has 0 spiro atoms. The summed E-state index contributed by atoms with van der Waals surface area (Å²) in [5, 5.41) is 7.41. The van der Waals surface area contributed by atoms with Gasteiger partial charge in [-0.3, -0.25) is 19.6 Å². The van der Waals surface area contributed by atoms with E-state index in [0.29, 0.717) is 29.3 Å². The Morgan fingerprint density at radius 3 is 2.73 bits per heavy atom. The van der Waals surface area contributed by atoms with Gasteiger partial charge in [-0.25, -0.2) is 4.98 Å². The molecule has 0 radical (unpaired) electrons. The third-order valence-corrected chi connectivity index (χ3v) is 6.19. The quantitative estimate of drug-likeness (QED) is 0.377. The molecule has 1 amide bonds. The molecule has 2 aromatic heterocycles. The number of ketones is 1. The summed E-state index contributed by atoms with van der Waals surface area (Å²) in [5.41, 5.74) is 4.58. The number of aromatic nitrogens is 4. The Kier molecular flexibility index (Phi) is 6.35. The lowest BCUT2D eigenvalue weighted by Crippen LogP contribution is -2.36. The molecule has 174 valence electrons. The molecule has 1 aliphatic heterocycles. The van der Waals surface area contributed by atoms with E-state index in [0.717, 1.165) is 49.2 Å². The van der Waals surface area contributed by atoms with Crippen molar-refractivity contribution in [1.29, 1.82) is 0 Å². The lowest BCUT2D eigenvalue weighted by molar-refractivity contribution is 0.100. The van der Waals surface area contributed by atoms with Crippen molar-refractivity contribution in [3.8, 4) is 0 Å². The molecule has 3 heterocycles. The van der Waals surface area contributed by atoms with Crippen LogP contribution < -0.4 is 10.2 Å². The highest BCUT2D eigenvalue weighted by Gasteiger charge is 2.31. The number of imidazole rings is 1. The highest BCUT2D eigenvalue weighted by molar-refractivity contribution is 6.06. The summed E-state index contributed by atoms with van der Waals surface area (Å²) in [6, 6.07) is 5.64. The predicted octanol–water partition coefficient (Wildman–Crippen LogP) is 4.75. The van der Waals surface area contributed by atoms with E-state index in [1.807, 2.05) is 32.1 Å². The molecular formula is C25H32N6O2. The monoisotopic (exact) mass is 448 g/mol. The number of nitrogens with one attached hydrogen (secondary N) is 1. The van der Waals surface area contributed by atoms with Gasteiger partial charge in [-0.1, -0.05) is 19.4 Å². The van der Waals surface area contributed by atoms with Crippen molar-refractivity contribution in [2.24, 2.45) is 0 Å². The Morgan fingerprint density at radius 1 is 1.27 bits per heavy atom. The van der Waals surface area contributed by atoms with E-state index in [-0.39, 0.29) is 17.7 Å². The number of nitrogens with zero attached hydrogens (tertiary/aromatic N) is 5. The Balaban J connectivity index is 1.85. The number of anilines is 2. The molecule has 0 saturated heterocycles. The first-order chi connectivity index (χ1) is 15.9. The maximum absolute atomic E-state index is 13.2. The Bertz CT molecular complexity index is 1220. The standard InChI is InChI=1S/C25H32N6O2/c1-6-9-11-29-15-19(10-7-2)31-23-20(13-18(17(5)32)14-21(23)29)26-25(31)27-24(33)22-12-16(4)28-30(22)8-3/h7,12-14,19H,2,6,8-11,15H2,1,3-5H3,(H,26,27,33)/t19-/m0/s1. The SMILES string of the molecule is C=CC[C@H]1CN(CCCC)c2cc(C(C)=O)cc3nc(NC(=O)c4cc(C)nn4CC)n1c23. The summed E-state index contributed by atoms with van der Waals surface area (Å²) in [7, 11) is 0. The van der Waals surface area contributed by atoms with Gasteiger partial charge in [0, 0.05) is 25.2 Å². The number of unbranched alkanes of at least 4 members (excludes halogenated alkanes) is 1. The van der Waals surface area contributed by atoms with Crippen molar-refractivity contribution in [2.45, 2.75) is 59.5 Å². The number of allylic oxidation sites excluding steroid dienone is 1. The number of rotatable bonds is 9. The van der Waals surface area contributed by atoms with Crippen molar-refractivity contribution in [1.82, 2.24) is 19.3 Å². The average molecular weight is 449 g/mol. The molecule has 1 atom stereocenters. The third-order valence-electron chi connectivity index (χ3n) is 6.19. The molecule has 0 fully saturated rings. The molecule has 0 aliphatic carbocycles. The van der Waals surface area contributed by atoms with Crippen LogP contribution in [0.2, 0.25) is 0 Å². The summed E-state index contributed by atoms with van der Waals surface area (Å²) in [6.07, 6.45) is 4.80. The van der Waals surface area contributed by atoms with Crippen LogP contribution in [0.3, 0.4) is 0 Å². The molecular weight excluding hydrogens is 416 g/mol. The normalized spacial score (nSPS) is 15.2. The third kappa shape index (κ3) is 4.17. The maximum Gasteiger partial charge on any atom is 0.276 e. The fourth-order valence-electron chi connectivity index (χ4n) is 4.60. The topological polar surface area (TPSA) is 85.1 Å². The van der Waals surface area contributed by atoms with Gasteiger partial charge in [0.05, 0.1) is 28.5 Å². The van der Waals surface area contributed by atoms with E-state index in [1.165, 1.54) is 0 Å². The fraction of sp³-hybridized carbons (Fsp3) is 0.440. The Hall–Kier alpha value is -3.42. The number of Topliss-reactive ketones (excluding diaryl/α,β-unsaturated/α-hetero) is 1. The van der Waals surface area contributed by atoms with Crippen LogP contribution in [-0.4, -0.2) is 44.1 Å². The van der Waals surface area contributed by atoms with Crippen LogP contribution in [0.15, 0.2) is 30.9 Å². The van der Waals surface area contributed by atoms with Gasteiger partial charge in [0.2, 0.25) is 5.95 Å². The molecule has 3 aromatic rings. The molecule has 1 aliphatic rings. The van der Waals surface area contributed by atoms with Crippen molar-refractivity contribution in [3.05, 3.63) is 47.8 Å². The van der Waals surface area contributed by atoms with Crippen molar-refractivity contribution >= 4 is 34.4 Å². The number of hydrogen-bond donors (Lipinski definition) is 1. The zero-order valence-corrected chi connectivity index (χ0v) is 19.9. The Morgan fingerprint density at radius 2 is 2.06 bits per heavy atom. The molecule has 0 unspecified atom stereocenters. The van der Waals surface area contributed by atoms with E-state index in [1.54, 1.807) is 17.7 Å². The van der Waals surface area contributed by atoms with Crippen LogP contribution in [0, 0.1) is 6.92 Å². The maximum atomic E-state index is 13.2. The molecule has 0 bridgehead atoms. The minimum atomic E-state index is -0.247. The first-order valence-electron chi connectivity index (χ1n) is 11.7. The van der Waals surface area contributed by atoms with Crippen molar-refractivity contribution in [2.75, 3.05) is 23.3 Å². The van der Waals surface area contributed by atoms with Gasteiger partial charge in [-0.15, -0.1) is 6.58 Å². The summed E-state index contributed by atoms with van der Waals surface area (Å²) in [5.74, 6) is 0.239. The zero-order chi connectivity index (χ0) is 23.7. The first-order valence-corrected chi connectivity index (χ1v) is 11.7. The summed E-state index contributed by atoms with van der Waals surface area (Å²) in [4.78, 5) is 32.6. The van der Waals surface area contributed by atoms with Crippen LogP contribution in [0.1, 0.15) is 72.6 Å². The highest BCUT2D eigenvalue weighted by Crippen LogP contribution is 2.40. The van der Waals surface area contributed by atoms with Crippen LogP contribution in [0.25, 0.3) is 11.0 Å². The summed E-state index contributed by atoms with van der Waals surface area (Å²) >= 11 is 0. The second-order valence-electron chi connectivity index (χ2n) is 8.64. The zero-order valence-electron chi connectivity index (χ0n) is 19.9. The lowest BCUT2D eigenvalue weighted by atomic mass is 10.0. The molecule has 8 nitrogen and oxygen atoms in total. The van der Waals surface area contributed by atoms with Gasteiger partial charge in [0.1, 0.15) is 5.69 Å². The molecule has 8 heteroatoms. The smallest absolute Gasteiger partial charge is 0.276 e. The number of carbonyl (C=O) groups excluding carboxylic acids is 2. The van der Waals surface area contributed by atoms with Crippen LogP contribution in [0.5, 0.6) is 0 Å². The molecule has 4 rings (SSSR count). The highest BCUT2D eigenvalue weighted by atomic mass is 16.2. The van der Waals surface area contributed by atoms with Gasteiger partial charge >= 0.3 is 0 Å². The second kappa shape index (κ2) is 9.21. The number of amides is 1. The van der Waals surface area contributed by atoms with Crippen molar-refractivity contribution in [3.63, 3.8) is 0 Å². The minimum absolute atomic E-state index is 0.000681. The summed E-state index contributed by atoms with van der Waals surface area (Å²) < 4.78 is 3.80. The molecule has 1 aromatic carbocycles. The van der Waals surface area contributed by atoms with Crippen molar-refractivity contribution < 1.29 is 9.59 Å². The first kappa shape index (κ1) is 22.8. The van der Waals surface area contributed by atoms with E-state index < -0.39 is 0 Å². The second-order valence-corrected chi connectivity index (χ2v) is 8.64. The van der Waals surface area contributed by atoms with Gasteiger partial charge in [0.15, 0.2) is 5.78 Å². The number of benzene rings is 1. The fourth-order valence-corrected chi connectivity index (χ4v) is 4.60. The van der Waals surface area contributed by atoms with E-state index in [9.17, 15) is 9.59 Å². The Labute approximate surface area is 194 Å². The van der Waals surface area contributed by atoms with Gasteiger partial charge in [0.25, 0.3) is 5.91 Å². The summed E-state index contributed by atoms with van der Waals surface area (Å²) in [6.45, 7) is 13.8. The van der Waals surface area contributed by atoms with E-state index >= 15 is 0 Å². The van der Waals surface area contributed by atoms with E-state index in [4.69, 9.17) is 4.98 Å². The van der Waals surface area contributed by atoms with Crippen LogP contribution >= 0.6 is 0 Å². The van der Waals surface area contributed by atoms with Gasteiger partial charge in [-0.05, 0) is 51.8 Å². The lowest BCUT2D eigenvalue weighted by Gasteiger charge is -2.36. The molecule has 1 N–H and O–H groups in total. The van der Waals surface area contributed by atoms with Crippen LogP contribution in [-0.2, 0) is 6.54 Å². The van der Waals surface area contributed by atoms with Gasteiger partial charge in [-0.2, -0.15) is 5.10 Å². The van der Waals surface area contributed by atoms with E-state index in [2.05, 4.69) is 33.4 Å². The number of hydrogen-bond acceptors (Lipinski definition) is 5. The minimum Gasteiger partial charge on any atom is -0.368 e. The molecule has 33 heavy (non-hydrogen) atoms.